The van der Waals surface area contributed by atoms with E-state index in [2.05, 4.69) is 61.6 Å². The van der Waals surface area contributed by atoms with E-state index in [-0.39, 0.29) is 11.8 Å². The molecule has 0 fully saturated rings. The molecule has 0 aromatic heterocycles. The Kier molecular flexibility index (Phi) is 3.95. The third kappa shape index (κ3) is 2.82. The average Bonchev–Trinajstić information content (AvgIpc) is 3.10. The number of benzene rings is 2. The van der Waals surface area contributed by atoms with E-state index in [0.29, 0.717) is 11.3 Å². The minimum atomic E-state index is -0.204. The maximum absolute atomic E-state index is 9.61. The molecule has 3 heteroatoms. The lowest BCUT2D eigenvalue weighted by Gasteiger charge is -2.26. The number of allylic oxidation sites excluding steroid dienone is 6. The van der Waals surface area contributed by atoms with Gasteiger partial charge in [0.15, 0.2) is 0 Å². The molecule has 1 unspecified atom stereocenters. The van der Waals surface area contributed by atoms with Crippen molar-refractivity contribution in [3.05, 3.63) is 106 Å². The van der Waals surface area contributed by atoms with E-state index in [1.54, 1.807) is 0 Å². The Labute approximate surface area is 153 Å². The molecule has 3 nitrogen and oxygen atoms in total. The lowest BCUT2D eigenvalue weighted by atomic mass is 9.83. The molecule has 0 radical (unpaired) electrons. The molecule has 0 bridgehead atoms. The Balaban J connectivity index is 1.74. The summed E-state index contributed by atoms with van der Waals surface area (Å²) in [6.45, 7) is 2.08. The van der Waals surface area contributed by atoms with E-state index < -0.39 is 0 Å². The topological polar surface area (TPSA) is 59.0 Å². The van der Waals surface area contributed by atoms with Gasteiger partial charge >= 0.3 is 0 Å². The first-order valence-electron chi connectivity index (χ1n) is 8.50. The zero-order valence-electron chi connectivity index (χ0n) is 14.4. The quantitative estimate of drug-likeness (QED) is 0.860. The molecule has 126 valence electrons. The number of hydrogen-bond acceptors (Lipinski definition) is 3. The van der Waals surface area contributed by atoms with E-state index in [4.69, 9.17) is 10.5 Å². The Bertz CT molecular complexity index is 1030. The molecule has 1 atom stereocenters. The van der Waals surface area contributed by atoms with Gasteiger partial charge < -0.3 is 10.5 Å². The first-order valence-corrected chi connectivity index (χ1v) is 8.50. The van der Waals surface area contributed by atoms with Gasteiger partial charge in [-0.05, 0) is 35.8 Å². The Hall–Kier alpha value is -3.51. The van der Waals surface area contributed by atoms with Crippen molar-refractivity contribution in [2.75, 3.05) is 0 Å². The summed E-state index contributed by atoms with van der Waals surface area (Å²) in [4.78, 5) is 0. The van der Waals surface area contributed by atoms with E-state index in [1.807, 2.05) is 24.3 Å². The summed E-state index contributed by atoms with van der Waals surface area (Å²) in [5.41, 5.74) is 12.0. The number of nitriles is 1. The van der Waals surface area contributed by atoms with Crippen molar-refractivity contribution in [3.63, 3.8) is 0 Å². The third-order valence-electron chi connectivity index (χ3n) is 4.67. The fourth-order valence-corrected chi connectivity index (χ4v) is 3.35. The smallest absolute Gasteiger partial charge is 0.205 e. The van der Waals surface area contributed by atoms with Crippen LogP contribution in [0, 0.1) is 18.3 Å². The zero-order valence-corrected chi connectivity index (χ0v) is 14.4. The molecule has 0 saturated heterocycles. The minimum Gasteiger partial charge on any atom is -0.440 e. The molecule has 1 aliphatic carbocycles. The van der Waals surface area contributed by atoms with Crippen LogP contribution in [0.1, 0.15) is 22.6 Å². The van der Waals surface area contributed by atoms with Gasteiger partial charge in [0.2, 0.25) is 5.88 Å². The van der Waals surface area contributed by atoms with Gasteiger partial charge in [-0.25, -0.2) is 0 Å². The van der Waals surface area contributed by atoms with E-state index in [0.717, 1.165) is 22.3 Å². The number of nitrogens with zero attached hydrogens (tertiary/aromatic N) is 1. The predicted molar refractivity (Wildman–Crippen MR) is 103 cm³/mol. The van der Waals surface area contributed by atoms with Gasteiger partial charge in [0, 0.05) is 5.56 Å². The summed E-state index contributed by atoms with van der Waals surface area (Å²) in [6, 6.07) is 18.4. The summed E-state index contributed by atoms with van der Waals surface area (Å²) >= 11 is 0. The van der Waals surface area contributed by atoms with Crippen molar-refractivity contribution in [3.8, 4) is 11.8 Å². The van der Waals surface area contributed by atoms with Crippen LogP contribution in [-0.2, 0) is 0 Å². The molecule has 0 spiro atoms. The van der Waals surface area contributed by atoms with Gasteiger partial charge in [0.25, 0.3) is 0 Å². The fraction of sp³-hybridized carbons (Fsp3) is 0.0870. The highest BCUT2D eigenvalue weighted by atomic mass is 16.5. The molecule has 0 saturated carbocycles. The Morgan fingerprint density at radius 3 is 2.62 bits per heavy atom. The zero-order chi connectivity index (χ0) is 18.1. The predicted octanol–water partition coefficient (Wildman–Crippen LogP) is 4.74. The van der Waals surface area contributed by atoms with Gasteiger partial charge in [0.05, 0.1) is 5.92 Å². The summed E-state index contributed by atoms with van der Waals surface area (Å²) in [7, 11) is 0. The summed E-state index contributed by atoms with van der Waals surface area (Å²) < 4.78 is 5.63. The monoisotopic (exact) mass is 338 g/mol. The van der Waals surface area contributed by atoms with Crippen LogP contribution in [0.3, 0.4) is 0 Å². The van der Waals surface area contributed by atoms with Gasteiger partial charge in [-0.3, -0.25) is 0 Å². The van der Waals surface area contributed by atoms with Crippen molar-refractivity contribution in [2.45, 2.75) is 12.8 Å². The van der Waals surface area contributed by atoms with Crippen molar-refractivity contribution in [1.82, 2.24) is 0 Å². The number of aryl methyl sites for hydroxylation is 1. The molecule has 2 N–H and O–H groups in total. The highest BCUT2D eigenvalue weighted by Gasteiger charge is 2.31. The first-order chi connectivity index (χ1) is 12.7. The van der Waals surface area contributed by atoms with Crippen molar-refractivity contribution in [2.24, 2.45) is 5.73 Å². The molecule has 1 aliphatic heterocycles. The van der Waals surface area contributed by atoms with E-state index in [9.17, 15) is 5.26 Å². The van der Waals surface area contributed by atoms with Crippen LogP contribution in [0.15, 0.2) is 89.4 Å². The van der Waals surface area contributed by atoms with Crippen molar-refractivity contribution in [1.29, 1.82) is 5.26 Å². The lowest BCUT2D eigenvalue weighted by molar-refractivity contribution is 0.393. The highest BCUT2D eigenvalue weighted by Crippen LogP contribution is 2.44. The molecule has 2 aromatic rings. The SMILES string of the molecule is Cc1ccc(/C=C2\C=CC(C3C(C#N)=C(N)Oc4ccccc43)=C2)cc1. The maximum Gasteiger partial charge on any atom is 0.205 e. The first kappa shape index (κ1) is 16.0. The van der Waals surface area contributed by atoms with Crippen LogP contribution in [0.4, 0.5) is 0 Å². The fourth-order valence-electron chi connectivity index (χ4n) is 3.35. The summed E-state index contributed by atoms with van der Waals surface area (Å²) in [6.07, 6.45) is 8.36. The number of ether oxygens (including phenoxy) is 1. The largest absolute Gasteiger partial charge is 0.440 e. The van der Waals surface area contributed by atoms with Gasteiger partial charge in [0.1, 0.15) is 17.4 Å². The van der Waals surface area contributed by atoms with Crippen LogP contribution < -0.4 is 10.5 Å². The number of rotatable bonds is 2. The number of para-hydroxylation sites is 1. The molecule has 26 heavy (non-hydrogen) atoms. The molecule has 2 aliphatic rings. The van der Waals surface area contributed by atoms with E-state index in [1.165, 1.54) is 5.56 Å². The summed E-state index contributed by atoms with van der Waals surface area (Å²) in [5, 5.41) is 9.61. The van der Waals surface area contributed by atoms with Gasteiger partial charge in [-0.1, -0.05) is 66.3 Å². The van der Waals surface area contributed by atoms with Crippen LogP contribution in [0.5, 0.6) is 5.75 Å². The van der Waals surface area contributed by atoms with Crippen LogP contribution >= 0.6 is 0 Å². The second-order valence-corrected chi connectivity index (χ2v) is 6.50. The van der Waals surface area contributed by atoms with Crippen LogP contribution in [0.2, 0.25) is 0 Å². The molecular weight excluding hydrogens is 320 g/mol. The average molecular weight is 338 g/mol. The second-order valence-electron chi connectivity index (χ2n) is 6.50. The molecule has 4 rings (SSSR count). The number of hydrogen-bond donors (Lipinski definition) is 1. The minimum absolute atomic E-state index is 0.182. The van der Waals surface area contributed by atoms with Gasteiger partial charge in [-0.15, -0.1) is 0 Å². The van der Waals surface area contributed by atoms with Crippen molar-refractivity contribution < 1.29 is 4.74 Å². The maximum atomic E-state index is 9.61. The number of nitrogens with two attached hydrogens (primary N) is 1. The molecule has 1 heterocycles. The summed E-state index contributed by atoms with van der Waals surface area (Å²) in [5.74, 6) is 0.686. The normalized spacial score (nSPS) is 19.8. The third-order valence-corrected chi connectivity index (χ3v) is 4.67. The second kappa shape index (κ2) is 6.42. The number of fused-ring (bicyclic) bond motifs is 1. The molecule has 0 amide bonds. The molecular formula is C23H18N2O. The standard InChI is InChI=1S/C23H18N2O/c1-15-6-8-16(9-7-15)12-17-10-11-18(13-17)22-19-4-2-3-5-21(19)26-23(25)20(22)14-24/h2-13,22H,25H2,1H3/b17-12+. The Morgan fingerprint density at radius 2 is 1.85 bits per heavy atom. The van der Waals surface area contributed by atoms with Crippen LogP contribution in [-0.4, -0.2) is 0 Å². The van der Waals surface area contributed by atoms with Crippen molar-refractivity contribution >= 4 is 6.08 Å². The van der Waals surface area contributed by atoms with E-state index >= 15 is 0 Å². The van der Waals surface area contributed by atoms with Crippen LogP contribution in [0.25, 0.3) is 6.08 Å². The Morgan fingerprint density at radius 1 is 1.08 bits per heavy atom. The lowest BCUT2D eigenvalue weighted by Crippen LogP contribution is -2.20. The highest BCUT2D eigenvalue weighted by molar-refractivity contribution is 5.67. The van der Waals surface area contributed by atoms with Gasteiger partial charge in [-0.2, -0.15) is 5.26 Å². The molecule has 2 aromatic carbocycles.